The smallest absolute Gasteiger partial charge is 0.408 e. The summed E-state index contributed by atoms with van der Waals surface area (Å²) in [6.45, 7) is 5.04. The zero-order valence-electron chi connectivity index (χ0n) is 16.5. The van der Waals surface area contributed by atoms with Gasteiger partial charge in [0.2, 0.25) is 0 Å². The fourth-order valence-electron chi connectivity index (χ4n) is 2.49. The zero-order chi connectivity index (χ0) is 21.8. The van der Waals surface area contributed by atoms with Crippen LogP contribution in [0.25, 0.3) is 0 Å². The molecule has 0 aliphatic carbocycles. The summed E-state index contributed by atoms with van der Waals surface area (Å²) in [6.07, 6.45) is 0.152. The topological polar surface area (TPSA) is 113 Å². The van der Waals surface area contributed by atoms with Crippen molar-refractivity contribution in [2.75, 3.05) is 6.26 Å². The normalized spacial score (nSPS) is 13.8. The summed E-state index contributed by atoms with van der Waals surface area (Å²) in [5.74, 6) is 0. The van der Waals surface area contributed by atoms with E-state index >= 15 is 0 Å². The lowest BCUT2D eigenvalue weighted by Crippen LogP contribution is -2.37. The summed E-state index contributed by atoms with van der Waals surface area (Å²) in [5, 5.41) is 10.4. The van der Waals surface area contributed by atoms with Crippen LogP contribution in [0.1, 0.15) is 37.3 Å². The van der Waals surface area contributed by atoms with Crippen molar-refractivity contribution in [1.82, 2.24) is 5.32 Å². The summed E-state index contributed by atoms with van der Waals surface area (Å²) in [7, 11) is -5.61. The first-order valence-corrected chi connectivity index (χ1v) is 11.7. The van der Waals surface area contributed by atoms with E-state index in [1.807, 2.05) is 6.07 Å². The van der Waals surface area contributed by atoms with Gasteiger partial charge in [-0.25, -0.2) is 13.2 Å². The third-order valence-electron chi connectivity index (χ3n) is 3.66. The number of ether oxygens (including phenoxy) is 1. The van der Waals surface area contributed by atoms with E-state index in [0.29, 0.717) is 4.90 Å². The van der Waals surface area contributed by atoms with Gasteiger partial charge in [-0.3, -0.25) is 4.21 Å². The van der Waals surface area contributed by atoms with Gasteiger partial charge < -0.3 is 10.1 Å². The average molecular weight is 435 g/mol. The highest BCUT2D eigenvalue weighted by Crippen LogP contribution is 2.30. The molecule has 7 nitrogen and oxygen atoms in total. The molecule has 1 N–H and O–H groups in total. The molecular formula is C20H22N2O5S2. The first-order chi connectivity index (χ1) is 13.4. The fraction of sp³-hybridized carbons (Fsp3) is 0.300. The summed E-state index contributed by atoms with van der Waals surface area (Å²) < 4.78 is 43.2. The number of amides is 1. The number of hydrogen-bond donors (Lipinski definition) is 1. The largest absolute Gasteiger partial charge is 0.444 e. The Morgan fingerprint density at radius 2 is 1.79 bits per heavy atom. The number of carbonyl (C=O) groups excluding carboxylic acids is 1. The van der Waals surface area contributed by atoms with Gasteiger partial charge in [0.05, 0.1) is 27.3 Å². The molecule has 2 aromatic rings. The lowest BCUT2D eigenvalue weighted by molar-refractivity contribution is 0.0520. The Labute approximate surface area is 173 Å². The Morgan fingerprint density at radius 3 is 2.31 bits per heavy atom. The molecule has 0 heterocycles. The van der Waals surface area contributed by atoms with Gasteiger partial charge in [-0.15, -0.1) is 0 Å². The van der Waals surface area contributed by atoms with Crippen LogP contribution in [-0.4, -0.2) is 30.6 Å². The summed E-state index contributed by atoms with van der Waals surface area (Å²) in [4.78, 5) is 12.6. The highest BCUT2D eigenvalue weighted by molar-refractivity contribution is 7.91. The molecule has 29 heavy (non-hydrogen) atoms. The van der Waals surface area contributed by atoms with Gasteiger partial charge in [0.15, 0.2) is 9.84 Å². The molecule has 2 atom stereocenters. The Hall–Kier alpha value is -2.70. The highest BCUT2D eigenvalue weighted by atomic mass is 32.2. The van der Waals surface area contributed by atoms with Crippen LogP contribution >= 0.6 is 0 Å². The van der Waals surface area contributed by atoms with Crippen molar-refractivity contribution in [2.24, 2.45) is 0 Å². The third-order valence-corrected chi connectivity index (χ3v) is 6.35. The molecular weight excluding hydrogens is 412 g/mol. The standard InChI is InChI=1S/C20H22N2O5S2/c1-20(2,3)27-19(23)22-18(28(24)15-8-6-5-7-9-15)16-11-10-14(13-21)12-17(16)29(4,25)26/h5-12,18H,1-4H3,(H,22,23). The number of sulfone groups is 1. The van der Waals surface area contributed by atoms with Crippen LogP contribution in [0.2, 0.25) is 0 Å². The molecule has 9 heteroatoms. The number of benzene rings is 2. The molecule has 0 aromatic heterocycles. The maximum atomic E-state index is 13.3. The number of alkyl carbamates (subject to hydrolysis) is 1. The number of nitrogens with zero attached hydrogens (tertiary/aromatic N) is 1. The van der Waals surface area contributed by atoms with Crippen molar-refractivity contribution in [1.29, 1.82) is 5.26 Å². The van der Waals surface area contributed by atoms with Crippen molar-refractivity contribution >= 4 is 26.7 Å². The Bertz CT molecular complexity index is 1070. The van der Waals surface area contributed by atoms with Crippen molar-refractivity contribution < 1.29 is 22.2 Å². The first kappa shape index (κ1) is 22.6. The SMILES string of the molecule is CC(C)(C)OC(=O)NC(c1ccc(C#N)cc1S(C)(=O)=O)S(=O)c1ccccc1. The lowest BCUT2D eigenvalue weighted by atomic mass is 10.1. The van der Waals surface area contributed by atoms with Gasteiger partial charge in [-0.1, -0.05) is 24.3 Å². The second-order valence-corrected chi connectivity index (χ2v) is 10.8. The number of nitrogens with one attached hydrogen (secondary N) is 1. The minimum Gasteiger partial charge on any atom is -0.444 e. The molecule has 0 saturated heterocycles. The van der Waals surface area contributed by atoms with Crippen LogP contribution in [0.4, 0.5) is 4.79 Å². The second-order valence-electron chi connectivity index (χ2n) is 7.27. The van der Waals surface area contributed by atoms with Crippen molar-refractivity contribution in [3.8, 4) is 6.07 Å². The predicted molar refractivity (Wildman–Crippen MR) is 109 cm³/mol. The second kappa shape index (κ2) is 8.76. The molecule has 1 amide bonds. The van der Waals surface area contributed by atoms with Gasteiger partial charge in [0, 0.05) is 16.7 Å². The number of hydrogen-bond acceptors (Lipinski definition) is 6. The van der Waals surface area contributed by atoms with E-state index in [-0.39, 0.29) is 16.0 Å². The van der Waals surface area contributed by atoms with E-state index in [2.05, 4.69) is 5.32 Å². The van der Waals surface area contributed by atoms with Crippen molar-refractivity contribution in [3.05, 3.63) is 59.7 Å². The highest BCUT2D eigenvalue weighted by Gasteiger charge is 2.30. The van der Waals surface area contributed by atoms with E-state index in [0.717, 1.165) is 6.26 Å². The van der Waals surface area contributed by atoms with E-state index in [4.69, 9.17) is 10.00 Å². The molecule has 154 valence electrons. The van der Waals surface area contributed by atoms with Crippen molar-refractivity contribution in [3.63, 3.8) is 0 Å². The van der Waals surface area contributed by atoms with Gasteiger partial charge in [0.25, 0.3) is 0 Å². The van der Waals surface area contributed by atoms with E-state index in [1.54, 1.807) is 51.1 Å². The number of carbonyl (C=O) groups is 1. The van der Waals surface area contributed by atoms with Crippen LogP contribution < -0.4 is 5.32 Å². The van der Waals surface area contributed by atoms with Crippen LogP contribution in [0, 0.1) is 11.3 Å². The summed E-state index contributed by atoms with van der Waals surface area (Å²) in [5.41, 5.74) is -0.553. The molecule has 0 radical (unpaired) electrons. The number of rotatable bonds is 5. The van der Waals surface area contributed by atoms with Crippen molar-refractivity contribution in [2.45, 2.75) is 41.5 Å². The Kier molecular flexibility index (Phi) is 6.82. The summed E-state index contributed by atoms with van der Waals surface area (Å²) >= 11 is 0. The Morgan fingerprint density at radius 1 is 1.17 bits per heavy atom. The van der Waals surface area contributed by atoms with Gasteiger partial charge in [0.1, 0.15) is 11.0 Å². The number of nitriles is 1. The summed E-state index contributed by atoms with van der Waals surface area (Å²) in [6, 6.07) is 14.2. The molecule has 0 fully saturated rings. The van der Waals surface area contributed by atoms with Crippen LogP contribution in [0.5, 0.6) is 0 Å². The molecule has 2 rings (SSSR count). The maximum absolute atomic E-state index is 13.3. The van der Waals surface area contributed by atoms with E-state index in [1.165, 1.54) is 18.2 Å². The average Bonchev–Trinajstić information content (AvgIpc) is 2.63. The van der Waals surface area contributed by atoms with Crippen LogP contribution in [-0.2, 0) is 25.4 Å². The predicted octanol–water partition coefficient (Wildman–Crippen LogP) is 3.29. The minimum atomic E-state index is -3.78. The molecule has 0 bridgehead atoms. The Balaban J connectivity index is 2.60. The minimum absolute atomic E-state index is 0.111. The maximum Gasteiger partial charge on any atom is 0.408 e. The lowest BCUT2D eigenvalue weighted by Gasteiger charge is -2.24. The van der Waals surface area contributed by atoms with E-state index < -0.39 is 37.7 Å². The van der Waals surface area contributed by atoms with Gasteiger partial charge in [-0.05, 0) is 45.0 Å². The van der Waals surface area contributed by atoms with Crippen LogP contribution in [0.15, 0.2) is 58.3 Å². The monoisotopic (exact) mass is 434 g/mol. The molecule has 0 spiro atoms. The third kappa shape index (κ3) is 6.14. The van der Waals surface area contributed by atoms with E-state index in [9.17, 15) is 17.4 Å². The molecule has 0 aliphatic heterocycles. The van der Waals surface area contributed by atoms with Crippen LogP contribution in [0.3, 0.4) is 0 Å². The molecule has 2 aromatic carbocycles. The molecule has 2 unspecified atom stereocenters. The fourth-order valence-corrected chi connectivity index (χ4v) is 4.86. The quantitative estimate of drug-likeness (QED) is 0.772. The zero-order valence-corrected chi connectivity index (χ0v) is 18.1. The van der Waals surface area contributed by atoms with Gasteiger partial charge in [-0.2, -0.15) is 5.26 Å². The molecule has 0 saturated carbocycles. The van der Waals surface area contributed by atoms with Gasteiger partial charge >= 0.3 is 6.09 Å². The molecule has 0 aliphatic rings. The first-order valence-electron chi connectivity index (χ1n) is 8.61.